The fraction of sp³-hybridized carbons (Fsp3) is 0.444. The topological polar surface area (TPSA) is 105 Å². The first-order valence-electron chi connectivity index (χ1n) is 8.53. The van der Waals surface area contributed by atoms with Crippen LogP contribution < -0.4 is 5.32 Å². The van der Waals surface area contributed by atoms with Crippen LogP contribution in [0, 0.1) is 18.8 Å². The first kappa shape index (κ1) is 18.4. The second-order valence-corrected chi connectivity index (χ2v) is 6.99. The van der Waals surface area contributed by atoms with Gasteiger partial charge in [-0.3, -0.25) is 9.59 Å². The molecule has 1 aromatic carbocycles. The maximum Gasteiger partial charge on any atom is 0.306 e. The van der Waals surface area contributed by atoms with Gasteiger partial charge in [-0.05, 0) is 43.4 Å². The largest absolute Gasteiger partial charge is 0.481 e. The molecule has 0 spiro atoms. The number of aromatic nitrogens is 2. The van der Waals surface area contributed by atoms with Gasteiger partial charge in [0.2, 0.25) is 11.8 Å². The number of carbonyl (C=O) groups excluding carboxylic acids is 1. The van der Waals surface area contributed by atoms with E-state index in [2.05, 4.69) is 15.5 Å². The molecule has 1 amide bonds. The van der Waals surface area contributed by atoms with E-state index < -0.39 is 12.0 Å². The minimum Gasteiger partial charge on any atom is -0.481 e. The Hall–Kier alpha value is -2.41. The van der Waals surface area contributed by atoms with E-state index in [-0.39, 0.29) is 17.7 Å². The second kappa shape index (κ2) is 7.86. The number of aryl methyl sites for hydroxylation is 1. The zero-order chi connectivity index (χ0) is 18.7. The Morgan fingerprint density at radius 2 is 1.81 bits per heavy atom. The molecule has 0 radical (unpaired) electrons. The van der Waals surface area contributed by atoms with Gasteiger partial charge >= 0.3 is 5.97 Å². The monoisotopic (exact) mass is 377 g/mol. The van der Waals surface area contributed by atoms with Gasteiger partial charge in [0, 0.05) is 17.9 Å². The predicted octanol–water partition coefficient (Wildman–Crippen LogP) is 3.13. The highest BCUT2D eigenvalue weighted by Crippen LogP contribution is 2.30. The third kappa shape index (κ3) is 4.22. The van der Waals surface area contributed by atoms with Gasteiger partial charge in [0.15, 0.2) is 5.82 Å². The number of carboxylic acid groups (broad SMARTS) is 1. The highest BCUT2D eigenvalue weighted by atomic mass is 35.5. The summed E-state index contributed by atoms with van der Waals surface area (Å²) >= 11 is 5.95. The summed E-state index contributed by atoms with van der Waals surface area (Å²) < 4.78 is 5.05. The third-order valence-corrected chi connectivity index (χ3v) is 4.99. The van der Waals surface area contributed by atoms with Crippen molar-refractivity contribution in [3.8, 4) is 0 Å². The van der Waals surface area contributed by atoms with Crippen LogP contribution in [0.5, 0.6) is 0 Å². The van der Waals surface area contributed by atoms with Crippen molar-refractivity contribution in [1.82, 2.24) is 15.5 Å². The van der Waals surface area contributed by atoms with Crippen LogP contribution in [0.1, 0.15) is 49.0 Å². The Kier molecular flexibility index (Phi) is 5.56. The number of carboxylic acids is 1. The van der Waals surface area contributed by atoms with Crippen molar-refractivity contribution in [2.75, 3.05) is 0 Å². The molecule has 1 heterocycles. The lowest BCUT2D eigenvalue weighted by atomic mass is 9.81. The summed E-state index contributed by atoms with van der Waals surface area (Å²) in [5.74, 6) is -0.701. The van der Waals surface area contributed by atoms with Gasteiger partial charge in [-0.15, -0.1) is 0 Å². The normalized spacial score (nSPS) is 21.2. The lowest BCUT2D eigenvalue weighted by Crippen LogP contribution is -2.37. The van der Waals surface area contributed by atoms with Crippen LogP contribution in [0.2, 0.25) is 5.02 Å². The van der Waals surface area contributed by atoms with Gasteiger partial charge in [0.25, 0.3) is 0 Å². The van der Waals surface area contributed by atoms with E-state index in [1.165, 1.54) is 0 Å². The maximum atomic E-state index is 12.7. The Morgan fingerprint density at radius 3 is 2.35 bits per heavy atom. The average Bonchev–Trinajstić information content (AvgIpc) is 3.06. The molecule has 0 bridgehead atoms. The fourth-order valence-corrected chi connectivity index (χ4v) is 3.37. The number of hydrogen-bond acceptors (Lipinski definition) is 5. The number of carbonyl (C=O) groups is 2. The van der Waals surface area contributed by atoms with Crippen LogP contribution in [0.4, 0.5) is 0 Å². The maximum absolute atomic E-state index is 12.7. The van der Waals surface area contributed by atoms with Crippen molar-refractivity contribution < 1.29 is 19.2 Å². The molecule has 1 aromatic heterocycles. The molecule has 1 unspecified atom stereocenters. The van der Waals surface area contributed by atoms with Crippen molar-refractivity contribution in [2.45, 2.75) is 38.6 Å². The van der Waals surface area contributed by atoms with E-state index in [4.69, 9.17) is 21.2 Å². The summed E-state index contributed by atoms with van der Waals surface area (Å²) in [4.78, 5) is 28.0. The Bertz CT molecular complexity index is 782. The van der Waals surface area contributed by atoms with Crippen LogP contribution in [0.15, 0.2) is 28.8 Å². The molecule has 138 valence electrons. The number of nitrogens with one attached hydrogen (secondary N) is 1. The van der Waals surface area contributed by atoms with Gasteiger partial charge in [-0.25, -0.2) is 0 Å². The van der Waals surface area contributed by atoms with Crippen LogP contribution in [-0.4, -0.2) is 27.1 Å². The van der Waals surface area contributed by atoms with Gasteiger partial charge in [0.05, 0.1) is 5.92 Å². The highest BCUT2D eigenvalue weighted by molar-refractivity contribution is 6.30. The molecule has 1 aliphatic rings. The first-order chi connectivity index (χ1) is 12.4. The van der Waals surface area contributed by atoms with Crippen molar-refractivity contribution in [2.24, 2.45) is 11.8 Å². The standard InChI is InChI=1S/C18H20ClN3O4/c1-10-20-16(22-26-10)15(11-6-8-14(19)9-7-11)21-17(23)12-2-4-13(5-3-12)18(24)25/h6-9,12-13,15H,2-5H2,1H3,(H,21,23)(H,24,25). The van der Waals surface area contributed by atoms with Crippen molar-refractivity contribution in [1.29, 1.82) is 0 Å². The molecular formula is C18H20ClN3O4. The van der Waals surface area contributed by atoms with Crippen molar-refractivity contribution in [3.63, 3.8) is 0 Å². The zero-order valence-corrected chi connectivity index (χ0v) is 15.1. The molecule has 0 aliphatic heterocycles. The lowest BCUT2D eigenvalue weighted by molar-refractivity contribution is -0.144. The minimum atomic E-state index is -0.787. The number of nitrogens with zero attached hydrogens (tertiary/aromatic N) is 2. The van der Waals surface area contributed by atoms with Gasteiger partial charge in [-0.2, -0.15) is 4.98 Å². The SMILES string of the molecule is Cc1nc(C(NC(=O)C2CCC(C(=O)O)CC2)c2ccc(Cl)cc2)no1. The van der Waals surface area contributed by atoms with E-state index >= 15 is 0 Å². The predicted molar refractivity (Wildman–Crippen MR) is 93.6 cm³/mol. The highest BCUT2D eigenvalue weighted by Gasteiger charge is 2.32. The third-order valence-electron chi connectivity index (χ3n) is 4.74. The fourth-order valence-electron chi connectivity index (χ4n) is 3.25. The molecule has 7 nitrogen and oxygen atoms in total. The van der Waals surface area contributed by atoms with E-state index in [0.717, 1.165) is 5.56 Å². The molecule has 1 atom stereocenters. The van der Waals surface area contributed by atoms with E-state index in [1.807, 2.05) is 0 Å². The number of rotatable bonds is 5. The van der Waals surface area contributed by atoms with Crippen LogP contribution in [0.25, 0.3) is 0 Å². The molecule has 3 rings (SSSR count). The zero-order valence-electron chi connectivity index (χ0n) is 14.3. The summed E-state index contributed by atoms with van der Waals surface area (Å²) in [7, 11) is 0. The van der Waals surface area contributed by atoms with Crippen molar-refractivity contribution >= 4 is 23.5 Å². The number of amides is 1. The van der Waals surface area contributed by atoms with Gasteiger partial charge < -0.3 is 14.9 Å². The molecule has 1 aliphatic carbocycles. The minimum absolute atomic E-state index is 0.128. The van der Waals surface area contributed by atoms with E-state index in [1.54, 1.807) is 31.2 Å². The number of benzene rings is 1. The summed E-state index contributed by atoms with van der Waals surface area (Å²) in [6.45, 7) is 1.68. The molecule has 1 fully saturated rings. The second-order valence-electron chi connectivity index (χ2n) is 6.55. The lowest BCUT2D eigenvalue weighted by Gasteiger charge is -2.27. The van der Waals surface area contributed by atoms with Crippen LogP contribution >= 0.6 is 11.6 Å². The van der Waals surface area contributed by atoms with Gasteiger partial charge in [0.1, 0.15) is 6.04 Å². The molecule has 26 heavy (non-hydrogen) atoms. The summed E-state index contributed by atoms with van der Waals surface area (Å²) in [6.07, 6.45) is 2.14. The van der Waals surface area contributed by atoms with Gasteiger partial charge in [-0.1, -0.05) is 28.9 Å². The summed E-state index contributed by atoms with van der Waals surface area (Å²) in [5.41, 5.74) is 0.794. The number of aliphatic carboxylic acids is 1. The smallest absolute Gasteiger partial charge is 0.306 e. The molecule has 2 aromatic rings. The molecule has 0 saturated heterocycles. The van der Waals surface area contributed by atoms with E-state index in [9.17, 15) is 9.59 Å². The van der Waals surface area contributed by atoms with Crippen LogP contribution in [-0.2, 0) is 9.59 Å². The van der Waals surface area contributed by atoms with Crippen molar-refractivity contribution in [3.05, 3.63) is 46.6 Å². The summed E-state index contributed by atoms with van der Waals surface area (Å²) in [6, 6.07) is 6.54. The average molecular weight is 378 g/mol. The molecular weight excluding hydrogens is 358 g/mol. The quantitative estimate of drug-likeness (QED) is 0.829. The Morgan fingerprint density at radius 1 is 1.19 bits per heavy atom. The Balaban J connectivity index is 1.74. The first-order valence-corrected chi connectivity index (χ1v) is 8.90. The molecule has 1 saturated carbocycles. The Labute approximate surface area is 155 Å². The molecule has 8 heteroatoms. The molecule has 2 N–H and O–H groups in total. The summed E-state index contributed by atoms with van der Waals surface area (Å²) in [5, 5.41) is 16.6. The van der Waals surface area contributed by atoms with Crippen LogP contribution in [0.3, 0.4) is 0 Å². The number of hydrogen-bond donors (Lipinski definition) is 2. The van der Waals surface area contributed by atoms with E-state index in [0.29, 0.717) is 42.4 Å². The number of halogens is 1.